The Morgan fingerprint density at radius 3 is 2.90 bits per heavy atom. The minimum Gasteiger partial charge on any atom is -0.451 e. The maximum Gasteiger partial charge on any atom is 0.293 e. The molecule has 0 radical (unpaired) electrons. The number of rotatable bonds is 3. The molecule has 2 N–H and O–H groups in total. The largest absolute Gasteiger partial charge is 0.451 e. The van der Waals surface area contributed by atoms with E-state index in [4.69, 9.17) is 39.8 Å². The van der Waals surface area contributed by atoms with E-state index in [9.17, 15) is 10.1 Å². The van der Waals surface area contributed by atoms with Crippen molar-refractivity contribution in [1.29, 1.82) is 5.26 Å². The number of fused-ring (bicyclic) bond motifs is 1. The maximum absolute atomic E-state index is 12.6. The number of carbonyl (C=O) groups excluding carboxylic acids is 1. The zero-order valence-electron chi connectivity index (χ0n) is 16.4. The molecule has 0 saturated carbocycles. The summed E-state index contributed by atoms with van der Waals surface area (Å²) in [6.45, 7) is 2.21. The minimum absolute atomic E-state index is 0.0787. The Morgan fingerprint density at radius 1 is 1.32 bits per heavy atom. The molecule has 1 unspecified atom stereocenters. The molecule has 0 spiro atoms. The van der Waals surface area contributed by atoms with Crippen molar-refractivity contribution >= 4 is 62.8 Å². The van der Waals surface area contributed by atoms with E-state index in [2.05, 4.69) is 23.6 Å². The molecule has 0 aliphatic heterocycles. The SMILES string of the molecule is CC1CCc2c(sc(NC(=S)NC(=O)c3ccc(-c4cc(Cl)ccc4Cl)o3)c2C#N)C1. The molecule has 5 nitrogen and oxygen atoms in total. The molecule has 1 aliphatic rings. The van der Waals surface area contributed by atoms with Crippen molar-refractivity contribution in [1.82, 2.24) is 5.32 Å². The fraction of sp³-hybridized carbons (Fsp3) is 0.227. The van der Waals surface area contributed by atoms with E-state index < -0.39 is 5.91 Å². The van der Waals surface area contributed by atoms with Gasteiger partial charge in [-0.3, -0.25) is 10.1 Å². The number of thiophene rings is 1. The summed E-state index contributed by atoms with van der Waals surface area (Å²) in [6.07, 6.45) is 2.91. The van der Waals surface area contributed by atoms with Crippen LogP contribution in [0.5, 0.6) is 0 Å². The van der Waals surface area contributed by atoms with Gasteiger partial charge in [0.1, 0.15) is 16.8 Å². The van der Waals surface area contributed by atoms with E-state index in [1.54, 1.807) is 24.3 Å². The van der Waals surface area contributed by atoms with E-state index in [-0.39, 0.29) is 10.9 Å². The highest BCUT2D eigenvalue weighted by molar-refractivity contribution is 7.80. The summed E-state index contributed by atoms with van der Waals surface area (Å²) >= 11 is 19.0. The van der Waals surface area contributed by atoms with Gasteiger partial charge in [-0.25, -0.2) is 0 Å². The van der Waals surface area contributed by atoms with Gasteiger partial charge in [-0.1, -0.05) is 30.1 Å². The number of furan rings is 1. The van der Waals surface area contributed by atoms with E-state index >= 15 is 0 Å². The number of benzene rings is 1. The van der Waals surface area contributed by atoms with Crippen LogP contribution < -0.4 is 10.6 Å². The molecule has 1 amide bonds. The molecule has 2 aromatic heterocycles. The lowest BCUT2D eigenvalue weighted by Crippen LogP contribution is -2.33. The van der Waals surface area contributed by atoms with E-state index in [1.807, 2.05) is 0 Å². The lowest BCUT2D eigenvalue weighted by Gasteiger charge is -2.17. The van der Waals surface area contributed by atoms with E-state index in [0.717, 1.165) is 24.8 Å². The van der Waals surface area contributed by atoms with Gasteiger partial charge in [0.05, 0.1) is 10.6 Å². The van der Waals surface area contributed by atoms with Gasteiger partial charge in [0.25, 0.3) is 5.91 Å². The quantitative estimate of drug-likeness (QED) is 0.413. The number of nitrogens with one attached hydrogen (secondary N) is 2. The average Bonchev–Trinajstić information content (AvgIpc) is 3.34. The highest BCUT2D eigenvalue weighted by Gasteiger charge is 2.24. The highest BCUT2D eigenvalue weighted by Crippen LogP contribution is 2.39. The first-order valence-electron chi connectivity index (χ1n) is 9.58. The monoisotopic (exact) mass is 489 g/mol. The maximum atomic E-state index is 12.6. The van der Waals surface area contributed by atoms with Gasteiger partial charge in [-0.2, -0.15) is 5.26 Å². The molecule has 3 aromatic rings. The Labute approximate surface area is 199 Å². The normalized spacial score (nSPS) is 15.1. The molecule has 31 heavy (non-hydrogen) atoms. The van der Waals surface area contributed by atoms with Crippen molar-refractivity contribution in [3.05, 3.63) is 62.1 Å². The summed E-state index contributed by atoms with van der Waals surface area (Å²) in [6, 6.07) is 10.5. The number of nitrogens with zero attached hydrogens (tertiary/aromatic N) is 1. The topological polar surface area (TPSA) is 78.1 Å². The molecule has 0 fully saturated rings. The first-order valence-corrected chi connectivity index (χ1v) is 11.6. The number of amides is 1. The third-order valence-corrected chi connectivity index (χ3v) is 7.04. The number of hydrogen-bond donors (Lipinski definition) is 2. The van der Waals surface area contributed by atoms with Crippen LogP contribution in [0.25, 0.3) is 11.3 Å². The van der Waals surface area contributed by atoms with Crippen molar-refractivity contribution in [2.75, 3.05) is 5.32 Å². The molecule has 1 aromatic carbocycles. The van der Waals surface area contributed by atoms with Gasteiger partial charge >= 0.3 is 0 Å². The summed E-state index contributed by atoms with van der Waals surface area (Å²) < 4.78 is 5.65. The first-order chi connectivity index (χ1) is 14.9. The Bertz CT molecular complexity index is 1230. The van der Waals surface area contributed by atoms with Crippen molar-refractivity contribution in [2.24, 2.45) is 5.92 Å². The number of anilines is 1. The van der Waals surface area contributed by atoms with E-state index in [0.29, 0.717) is 37.9 Å². The summed E-state index contributed by atoms with van der Waals surface area (Å²) in [7, 11) is 0. The van der Waals surface area contributed by atoms with Gasteiger partial charge in [-0.15, -0.1) is 11.3 Å². The average molecular weight is 490 g/mol. The lowest BCUT2D eigenvalue weighted by atomic mass is 9.89. The molecule has 0 bridgehead atoms. The minimum atomic E-state index is -0.504. The van der Waals surface area contributed by atoms with Crippen molar-refractivity contribution < 1.29 is 9.21 Å². The molecule has 1 aliphatic carbocycles. The van der Waals surface area contributed by atoms with Crippen molar-refractivity contribution in [3.8, 4) is 17.4 Å². The molecule has 9 heteroatoms. The van der Waals surface area contributed by atoms with Crippen LogP contribution in [0.3, 0.4) is 0 Å². The van der Waals surface area contributed by atoms with Gasteiger partial charge in [0.15, 0.2) is 10.9 Å². The number of thiocarbonyl (C=S) groups is 1. The Hall–Kier alpha value is -2.37. The third kappa shape index (κ3) is 4.63. The highest BCUT2D eigenvalue weighted by atomic mass is 35.5. The van der Waals surface area contributed by atoms with Gasteiger partial charge in [0.2, 0.25) is 0 Å². The fourth-order valence-electron chi connectivity index (χ4n) is 3.55. The second-order valence-electron chi connectivity index (χ2n) is 7.36. The summed E-state index contributed by atoms with van der Waals surface area (Å²) in [4.78, 5) is 13.8. The molecular weight excluding hydrogens is 473 g/mol. The Morgan fingerprint density at radius 2 is 2.13 bits per heavy atom. The van der Waals surface area contributed by atoms with Crippen LogP contribution in [0.4, 0.5) is 5.00 Å². The van der Waals surface area contributed by atoms with Gasteiger partial charge in [0, 0.05) is 15.5 Å². The van der Waals surface area contributed by atoms with E-state index in [1.165, 1.54) is 22.3 Å². The summed E-state index contributed by atoms with van der Waals surface area (Å²) in [5.41, 5.74) is 2.29. The molecular formula is C22H17Cl2N3O2S2. The summed E-state index contributed by atoms with van der Waals surface area (Å²) in [5.74, 6) is 0.590. The third-order valence-electron chi connectivity index (χ3n) is 5.10. The van der Waals surface area contributed by atoms with Crippen molar-refractivity contribution in [3.63, 3.8) is 0 Å². The Balaban J connectivity index is 1.47. The predicted molar refractivity (Wildman–Crippen MR) is 128 cm³/mol. The molecule has 2 heterocycles. The van der Waals surface area contributed by atoms with Crippen LogP contribution in [-0.4, -0.2) is 11.0 Å². The Kier molecular flexibility index (Phi) is 6.35. The second-order valence-corrected chi connectivity index (χ2v) is 9.72. The van der Waals surface area contributed by atoms with Crippen molar-refractivity contribution in [2.45, 2.75) is 26.2 Å². The van der Waals surface area contributed by atoms with Gasteiger partial charge in [-0.05, 0) is 73.3 Å². The van der Waals surface area contributed by atoms with Crippen LogP contribution >= 0.6 is 46.8 Å². The fourth-order valence-corrected chi connectivity index (χ4v) is 5.55. The number of halogens is 2. The molecule has 1 atom stereocenters. The molecule has 4 rings (SSSR count). The number of carbonyl (C=O) groups is 1. The second kappa shape index (κ2) is 9.01. The van der Waals surface area contributed by atoms with Gasteiger partial charge < -0.3 is 9.73 Å². The standard InChI is InChI=1S/C22H17Cl2N3O2S2/c1-11-2-4-13-15(10-25)21(31-19(13)8-11)27-22(30)26-20(28)18-7-6-17(29-18)14-9-12(23)3-5-16(14)24/h3,5-7,9,11H,2,4,8H2,1H3,(H2,26,27,28,30). The van der Waals surface area contributed by atoms with Crippen LogP contribution in [0.2, 0.25) is 10.0 Å². The number of nitriles is 1. The number of hydrogen-bond acceptors (Lipinski definition) is 5. The molecule has 0 saturated heterocycles. The summed E-state index contributed by atoms with van der Waals surface area (Å²) in [5, 5.41) is 16.9. The van der Waals surface area contributed by atoms with Crippen LogP contribution in [0.1, 0.15) is 39.9 Å². The smallest absolute Gasteiger partial charge is 0.293 e. The zero-order valence-corrected chi connectivity index (χ0v) is 19.6. The first kappa shape index (κ1) is 21.8. The molecule has 158 valence electrons. The predicted octanol–water partition coefficient (Wildman–Crippen LogP) is 6.44. The lowest BCUT2D eigenvalue weighted by molar-refractivity contribution is 0.0951. The van der Waals surface area contributed by atoms with Crippen LogP contribution in [-0.2, 0) is 12.8 Å². The van der Waals surface area contributed by atoms with Crippen LogP contribution in [0, 0.1) is 17.2 Å². The van der Waals surface area contributed by atoms with Crippen LogP contribution in [0.15, 0.2) is 34.7 Å². The zero-order chi connectivity index (χ0) is 22.1.